The van der Waals surface area contributed by atoms with Crippen molar-refractivity contribution in [2.45, 2.75) is 6.10 Å². The molecule has 0 saturated carbocycles. The Hall–Kier alpha value is -2.73. The maximum absolute atomic E-state index is 11.9. The number of phenolic OH excluding ortho intramolecular Hbond substituents is 2. The highest BCUT2D eigenvalue weighted by atomic mass is 16.5. The summed E-state index contributed by atoms with van der Waals surface area (Å²) in [7, 11) is 1.55. The molecule has 4 N–H and O–H groups in total. The molecule has 2 aromatic carbocycles. The van der Waals surface area contributed by atoms with E-state index >= 15 is 0 Å². The van der Waals surface area contributed by atoms with E-state index in [0.717, 1.165) is 6.07 Å². The summed E-state index contributed by atoms with van der Waals surface area (Å²) in [6.07, 6.45) is -0.874. The topological polar surface area (TPSA) is 99.0 Å². The Morgan fingerprint density at radius 1 is 1.14 bits per heavy atom. The molecule has 0 heterocycles. The Kier molecular flexibility index (Phi) is 4.85. The van der Waals surface area contributed by atoms with Crippen LogP contribution in [0.1, 0.15) is 22.0 Å². The van der Waals surface area contributed by atoms with Crippen LogP contribution in [0.5, 0.6) is 17.2 Å². The Morgan fingerprint density at radius 3 is 2.27 bits per heavy atom. The lowest BCUT2D eigenvalue weighted by molar-refractivity contribution is 0.0915. The molecule has 0 fully saturated rings. The lowest BCUT2D eigenvalue weighted by atomic mass is 10.1. The average Bonchev–Trinajstić information content (AvgIpc) is 2.51. The molecule has 6 nitrogen and oxygen atoms in total. The summed E-state index contributed by atoms with van der Waals surface area (Å²) in [5.74, 6) is -0.240. The van der Waals surface area contributed by atoms with Crippen LogP contribution in [0.4, 0.5) is 0 Å². The number of aromatic hydroxyl groups is 2. The van der Waals surface area contributed by atoms with Crippen molar-refractivity contribution in [3.05, 3.63) is 53.6 Å². The number of hydrogen-bond acceptors (Lipinski definition) is 5. The third-order valence-electron chi connectivity index (χ3n) is 3.12. The first kappa shape index (κ1) is 15.7. The minimum atomic E-state index is -0.874. The summed E-state index contributed by atoms with van der Waals surface area (Å²) >= 11 is 0. The molecule has 0 saturated heterocycles. The second kappa shape index (κ2) is 6.82. The molecule has 2 aromatic rings. The van der Waals surface area contributed by atoms with Crippen molar-refractivity contribution in [3.8, 4) is 17.2 Å². The minimum Gasteiger partial charge on any atom is -0.508 e. The zero-order chi connectivity index (χ0) is 16.1. The SMILES string of the molecule is COc1ccc(C(O)CNC(=O)c2cc(O)cc(O)c2)cc1. The summed E-state index contributed by atoms with van der Waals surface area (Å²) in [6, 6.07) is 10.4. The number of hydrogen-bond donors (Lipinski definition) is 4. The Bertz CT molecular complexity index is 634. The number of aliphatic hydroxyl groups is 1. The van der Waals surface area contributed by atoms with Crippen molar-refractivity contribution >= 4 is 5.91 Å². The van der Waals surface area contributed by atoms with Crippen molar-refractivity contribution in [1.82, 2.24) is 5.32 Å². The van der Waals surface area contributed by atoms with Gasteiger partial charge in [-0.2, -0.15) is 0 Å². The smallest absolute Gasteiger partial charge is 0.251 e. The van der Waals surface area contributed by atoms with Crippen molar-refractivity contribution in [2.24, 2.45) is 0 Å². The van der Waals surface area contributed by atoms with E-state index in [2.05, 4.69) is 5.32 Å². The van der Waals surface area contributed by atoms with Crippen molar-refractivity contribution in [1.29, 1.82) is 0 Å². The molecule has 0 aromatic heterocycles. The normalized spacial score (nSPS) is 11.7. The van der Waals surface area contributed by atoms with Crippen molar-refractivity contribution < 1.29 is 24.9 Å². The van der Waals surface area contributed by atoms with E-state index in [0.29, 0.717) is 11.3 Å². The molecular weight excluding hydrogens is 286 g/mol. The molecular formula is C16H17NO5. The first-order chi connectivity index (χ1) is 10.5. The second-order valence-corrected chi connectivity index (χ2v) is 4.74. The van der Waals surface area contributed by atoms with Crippen LogP contribution in [0.15, 0.2) is 42.5 Å². The van der Waals surface area contributed by atoms with Gasteiger partial charge in [0.15, 0.2) is 0 Å². The number of carbonyl (C=O) groups is 1. The van der Waals surface area contributed by atoms with Crippen molar-refractivity contribution in [2.75, 3.05) is 13.7 Å². The van der Waals surface area contributed by atoms with Crippen LogP contribution in [-0.2, 0) is 0 Å². The largest absolute Gasteiger partial charge is 0.508 e. The molecule has 0 radical (unpaired) electrons. The van der Waals surface area contributed by atoms with Gasteiger partial charge in [-0.25, -0.2) is 0 Å². The van der Waals surface area contributed by atoms with E-state index in [1.165, 1.54) is 12.1 Å². The van der Waals surface area contributed by atoms with Gasteiger partial charge in [-0.15, -0.1) is 0 Å². The van der Waals surface area contributed by atoms with Crippen LogP contribution in [-0.4, -0.2) is 34.9 Å². The molecule has 0 aliphatic carbocycles. The number of aliphatic hydroxyl groups excluding tert-OH is 1. The molecule has 6 heteroatoms. The standard InChI is InChI=1S/C16H17NO5/c1-22-14-4-2-10(3-5-14)15(20)9-17-16(21)11-6-12(18)8-13(19)7-11/h2-8,15,18-20H,9H2,1H3,(H,17,21). The molecule has 1 atom stereocenters. The van der Waals surface area contributed by atoms with Gasteiger partial charge in [-0.1, -0.05) is 12.1 Å². The number of phenols is 2. The van der Waals surface area contributed by atoms with Crippen LogP contribution >= 0.6 is 0 Å². The molecule has 1 amide bonds. The maximum atomic E-state index is 11.9. The number of methoxy groups -OCH3 is 1. The molecule has 1 unspecified atom stereocenters. The fourth-order valence-electron chi connectivity index (χ4n) is 1.96. The van der Waals surface area contributed by atoms with Crippen LogP contribution < -0.4 is 10.1 Å². The van der Waals surface area contributed by atoms with Gasteiger partial charge in [0.2, 0.25) is 0 Å². The summed E-state index contributed by atoms with van der Waals surface area (Å²) < 4.78 is 5.03. The monoisotopic (exact) mass is 303 g/mol. The number of nitrogens with one attached hydrogen (secondary N) is 1. The molecule has 0 aliphatic rings. The predicted molar refractivity (Wildman–Crippen MR) is 80.1 cm³/mol. The van der Waals surface area contributed by atoms with Crippen LogP contribution in [0.3, 0.4) is 0 Å². The molecule has 0 bridgehead atoms. The van der Waals surface area contributed by atoms with E-state index in [1.807, 2.05) is 0 Å². The fourth-order valence-corrected chi connectivity index (χ4v) is 1.96. The highest BCUT2D eigenvalue weighted by Gasteiger charge is 2.12. The average molecular weight is 303 g/mol. The predicted octanol–water partition coefficient (Wildman–Crippen LogP) is 1.57. The van der Waals surface area contributed by atoms with Crippen LogP contribution in [0.25, 0.3) is 0 Å². The molecule has 0 aliphatic heterocycles. The van der Waals surface area contributed by atoms with E-state index in [4.69, 9.17) is 4.74 Å². The molecule has 116 valence electrons. The summed E-state index contributed by atoms with van der Waals surface area (Å²) in [5.41, 5.74) is 0.749. The first-order valence-electron chi connectivity index (χ1n) is 6.63. The zero-order valence-corrected chi connectivity index (χ0v) is 12.0. The molecule has 22 heavy (non-hydrogen) atoms. The molecule has 2 rings (SSSR count). The maximum Gasteiger partial charge on any atom is 0.251 e. The van der Waals surface area contributed by atoms with Gasteiger partial charge in [0.05, 0.1) is 13.2 Å². The Morgan fingerprint density at radius 2 is 1.73 bits per heavy atom. The Labute approximate surface area is 127 Å². The Balaban J connectivity index is 1.97. The van der Waals surface area contributed by atoms with Gasteiger partial charge in [-0.05, 0) is 29.8 Å². The first-order valence-corrected chi connectivity index (χ1v) is 6.63. The second-order valence-electron chi connectivity index (χ2n) is 4.74. The fraction of sp³-hybridized carbons (Fsp3) is 0.188. The van der Waals surface area contributed by atoms with Crippen LogP contribution in [0.2, 0.25) is 0 Å². The number of benzene rings is 2. The van der Waals surface area contributed by atoms with Gasteiger partial charge in [0.25, 0.3) is 5.91 Å². The summed E-state index contributed by atoms with van der Waals surface area (Å²) in [5, 5.41) is 31.3. The summed E-state index contributed by atoms with van der Waals surface area (Å²) in [6.45, 7) is 0.00157. The highest BCUT2D eigenvalue weighted by Crippen LogP contribution is 2.21. The van der Waals surface area contributed by atoms with E-state index in [-0.39, 0.29) is 23.6 Å². The van der Waals surface area contributed by atoms with E-state index < -0.39 is 12.0 Å². The van der Waals surface area contributed by atoms with E-state index in [9.17, 15) is 20.1 Å². The third-order valence-corrected chi connectivity index (χ3v) is 3.12. The van der Waals surface area contributed by atoms with Gasteiger partial charge in [-0.3, -0.25) is 4.79 Å². The number of rotatable bonds is 5. The van der Waals surface area contributed by atoms with Gasteiger partial charge in [0, 0.05) is 18.2 Å². The lowest BCUT2D eigenvalue weighted by Gasteiger charge is -2.13. The number of ether oxygens (including phenoxy) is 1. The van der Waals surface area contributed by atoms with Gasteiger partial charge < -0.3 is 25.4 Å². The number of carbonyl (C=O) groups excluding carboxylic acids is 1. The van der Waals surface area contributed by atoms with Crippen molar-refractivity contribution in [3.63, 3.8) is 0 Å². The lowest BCUT2D eigenvalue weighted by Crippen LogP contribution is -2.28. The highest BCUT2D eigenvalue weighted by molar-refractivity contribution is 5.95. The van der Waals surface area contributed by atoms with Gasteiger partial charge in [0.1, 0.15) is 17.2 Å². The zero-order valence-electron chi connectivity index (χ0n) is 12.0. The third kappa shape index (κ3) is 3.89. The van der Waals surface area contributed by atoms with Gasteiger partial charge >= 0.3 is 0 Å². The minimum absolute atomic E-state index is 0.00157. The van der Waals surface area contributed by atoms with E-state index in [1.54, 1.807) is 31.4 Å². The van der Waals surface area contributed by atoms with Crippen LogP contribution in [0, 0.1) is 0 Å². The summed E-state index contributed by atoms with van der Waals surface area (Å²) in [4.78, 5) is 11.9. The number of amides is 1. The quantitative estimate of drug-likeness (QED) is 0.672. The molecule has 0 spiro atoms.